The molecule has 302 valence electrons. The fraction of sp³-hybridized carbons (Fsp3) is 0.240. The van der Waals surface area contributed by atoms with Gasteiger partial charge in [0.25, 0.3) is 0 Å². The molecule has 7 rings (SSSR count). The van der Waals surface area contributed by atoms with Gasteiger partial charge in [0.1, 0.15) is 6.04 Å². The van der Waals surface area contributed by atoms with Gasteiger partial charge in [-0.15, -0.1) is 0 Å². The Kier molecular flexibility index (Phi) is 14.3. The summed E-state index contributed by atoms with van der Waals surface area (Å²) < 4.78 is 18.4. The van der Waals surface area contributed by atoms with E-state index in [1.54, 1.807) is 0 Å². The first-order chi connectivity index (χ1) is 28.9. The number of amides is 2. The Morgan fingerprint density at radius 2 is 1.27 bits per heavy atom. The van der Waals surface area contributed by atoms with E-state index in [0.29, 0.717) is 19.4 Å². The molecule has 1 fully saturated rings. The molecule has 9 heteroatoms. The molecular formula is C50H51N3O6. The van der Waals surface area contributed by atoms with Crippen molar-refractivity contribution in [1.82, 2.24) is 15.5 Å². The van der Waals surface area contributed by atoms with Crippen LogP contribution in [0.15, 0.2) is 164 Å². The number of hydrogen-bond donors (Lipinski definition) is 3. The molecule has 0 spiro atoms. The molecule has 0 saturated carbocycles. The van der Waals surface area contributed by atoms with Gasteiger partial charge in [-0.25, -0.2) is 9.59 Å². The van der Waals surface area contributed by atoms with E-state index in [4.69, 9.17) is 14.2 Å². The lowest BCUT2D eigenvalue weighted by molar-refractivity contribution is -0.253. The quantitative estimate of drug-likeness (QED) is 0.0843. The van der Waals surface area contributed by atoms with Crippen molar-refractivity contribution in [2.75, 3.05) is 13.7 Å². The summed E-state index contributed by atoms with van der Waals surface area (Å²) >= 11 is 0. The molecule has 1 aliphatic heterocycles. The minimum Gasteiger partial charge on any atom is -0.467 e. The van der Waals surface area contributed by atoms with E-state index in [9.17, 15) is 14.7 Å². The number of nitrogens with one attached hydrogen (secondary N) is 2. The van der Waals surface area contributed by atoms with Gasteiger partial charge < -0.3 is 30.0 Å². The normalized spacial score (nSPS) is 16.9. The van der Waals surface area contributed by atoms with Crippen LogP contribution >= 0.6 is 0 Å². The molecule has 1 saturated heterocycles. The number of aliphatic hydroxyl groups excluding tert-OH is 1. The van der Waals surface area contributed by atoms with Gasteiger partial charge in [0.2, 0.25) is 0 Å². The van der Waals surface area contributed by atoms with Crippen LogP contribution < -0.4 is 10.6 Å². The molecule has 1 heterocycles. The Balaban J connectivity index is 1.04. The summed E-state index contributed by atoms with van der Waals surface area (Å²) in [5.74, 6) is -0.505. The number of hydrogen-bond acceptors (Lipinski definition) is 7. The Labute approximate surface area is 346 Å². The number of benzene rings is 6. The van der Waals surface area contributed by atoms with Crippen LogP contribution in [-0.4, -0.2) is 47.8 Å². The lowest BCUT2D eigenvalue weighted by atomic mass is 9.98. The SMILES string of the molecule is COC(=O)C(Cc1ccccc1)NC(=O)NCc1cccc(-c2ccc(C3OC(CN(Cc4ccccc4)Cc4ccccc4)CC(c4ccc(CO)cc4)O3)cc2)c1. The van der Waals surface area contributed by atoms with Crippen LogP contribution in [0.4, 0.5) is 4.79 Å². The van der Waals surface area contributed by atoms with Crippen LogP contribution in [0.25, 0.3) is 11.1 Å². The zero-order valence-corrected chi connectivity index (χ0v) is 33.3. The largest absolute Gasteiger partial charge is 0.467 e. The number of urea groups is 1. The third-order valence-electron chi connectivity index (χ3n) is 10.5. The van der Waals surface area contributed by atoms with E-state index in [1.807, 2.05) is 91.0 Å². The zero-order valence-electron chi connectivity index (χ0n) is 33.3. The maximum atomic E-state index is 12.9. The Morgan fingerprint density at radius 1 is 0.678 bits per heavy atom. The second-order valence-corrected chi connectivity index (χ2v) is 14.9. The predicted octanol–water partition coefficient (Wildman–Crippen LogP) is 8.68. The fourth-order valence-electron chi connectivity index (χ4n) is 7.46. The highest BCUT2D eigenvalue weighted by Crippen LogP contribution is 2.39. The molecule has 2 amide bonds. The van der Waals surface area contributed by atoms with Gasteiger partial charge >= 0.3 is 12.0 Å². The van der Waals surface area contributed by atoms with Gasteiger partial charge in [-0.3, -0.25) is 4.90 Å². The predicted molar refractivity (Wildman–Crippen MR) is 229 cm³/mol. The van der Waals surface area contributed by atoms with E-state index in [-0.39, 0.29) is 25.4 Å². The van der Waals surface area contributed by atoms with Crippen molar-refractivity contribution in [1.29, 1.82) is 0 Å². The number of esters is 1. The summed E-state index contributed by atoms with van der Waals surface area (Å²) in [5.41, 5.74) is 9.14. The molecule has 1 aliphatic rings. The molecule has 3 N–H and O–H groups in total. The first kappa shape index (κ1) is 41.1. The van der Waals surface area contributed by atoms with Gasteiger partial charge in [-0.05, 0) is 50.6 Å². The van der Waals surface area contributed by atoms with Crippen molar-refractivity contribution in [3.05, 3.63) is 203 Å². The van der Waals surface area contributed by atoms with E-state index in [0.717, 1.165) is 52.0 Å². The Bertz CT molecular complexity index is 2180. The molecule has 59 heavy (non-hydrogen) atoms. The first-order valence-corrected chi connectivity index (χ1v) is 20.1. The smallest absolute Gasteiger partial charge is 0.328 e. The summed E-state index contributed by atoms with van der Waals surface area (Å²) in [6.45, 7) is 2.54. The molecule has 0 radical (unpaired) electrons. The van der Waals surface area contributed by atoms with Gasteiger partial charge in [0, 0.05) is 44.6 Å². The molecule has 0 bridgehead atoms. The maximum Gasteiger partial charge on any atom is 0.328 e. The number of carbonyl (C=O) groups is 2. The van der Waals surface area contributed by atoms with E-state index >= 15 is 0 Å². The van der Waals surface area contributed by atoms with Crippen molar-refractivity contribution in [3.8, 4) is 11.1 Å². The van der Waals surface area contributed by atoms with E-state index in [1.165, 1.54) is 18.2 Å². The Hall–Kier alpha value is -6.10. The highest BCUT2D eigenvalue weighted by Gasteiger charge is 2.33. The average molecular weight is 790 g/mol. The van der Waals surface area contributed by atoms with Crippen LogP contribution in [0.3, 0.4) is 0 Å². The van der Waals surface area contributed by atoms with Crippen LogP contribution in [0.5, 0.6) is 0 Å². The number of aliphatic hydroxyl groups is 1. The molecule has 0 aliphatic carbocycles. The number of ether oxygens (including phenoxy) is 3. The summed E-state index contributed by atoms with van der Waals surface area (Å²) in [5, 5.41) is 15.3. The second kappa shape index (κ2) is 20.5. The monoisotopic (exact) mass is 789 g/mol. The Morgan fingerprint density at radius 3 is 1.88 bits per heavy atom. The molecule has 4 atom stereocenters. The lowest BCUT2D eigenvalue weighted by Gasteiger charge is -2.38. The van der Waals surface area contributed by atoms with Crippen molar-refractivity contribution in [2.45, 2.75) is 63.6 Å². The zero-order chi connectivity index (χ0) is 40.8. The summed E-state index contributed by atoms with van der Waals surface area (Å²) in [6.07, 6.45) is 0.0894. The molecular weight excluding hydrogens is 739 g/mol. The molecule has 0 aromatic heterocycles. The number of rotatable bonds is 16. The van der Waals surface area contributed by atoms with Gasteiger partial charge in [0.15, 0.2) is 6.29 Å². The van der Waals surface area contributed by atoms with Gasteiger partial charge in [0.05, 0.1) is 25.9 Å². The summed E-state index contributed by atoms with van der Waals surface area (Å²) in [6, 6.07) is 53.5. The van der Waals surface area contributed by atoms with Crippen molar-refractivity contribution in [3.63, 3.8) is 0 Å². The van der Waals surface area contributed by atoms with Crippen molar-refractivity contribution < 1.29 is 28.9 Å². The number of carbonyl (C=O) groups excluding carboxylic acids is 2. The minimum atomic E-state index is -0.816. The average Bonchev–Trinajstić information content (AvgIpc) is 3.29. The van der Waals surface area contributed by atoms with Crippen molar-refractivity contribution in [2.24, 2.45) is 0 Å². The topological polar surface area (TPSA) is 109 Å². The summed E-state index contributed by atoms with van der Waals surface area (Å²) in [4.78, 5) is 27.8. The maximum absolute atomic E-state index is 12.9. The van der Waals surface area contributed by atoms with Gasteiger partial charge in [-0.2, -0.15) is 0 Å². The molecule has 6 aromatic rings. The van der Waals surface area contributed by atoms with E-state index in [2.05, 4.69) is 88.3 Å². The first-order valence-electron chi connectivity index (χ1n) is 20.1. The second-order valence-electron chi connectivity index (χ2n) is 14.9. The molecule has 6 aromatic carbocycles. The lowest BCUT2D eigenvalue weighted by Crippen LogP contribution is -2.47. The molecule has 4 unspecified atom stereocenters. The third kappa shape index (κ3) is 11.7. The molecule has 9 nitrogen and oxygen atoms in total. The van der Waals surface area contributed by atoms with Crippen LogP contribution in [0.2, 0.25) is 0 Å². The van der Waals surface area contributed by atoms with E-state index < -0.39 is 24.3 Å². The van der Waals surface area contributed by atoms with Crippen molar-refractivity contribution >= 4 is 12.0 Å². The third-order valence-corrected chi connectivity index (χ3v) is 10.5. The standard InChI is InChI=1S/C50H51N3O6/c1-57-48(55)46(29-36-12-5-2-6-13-36)52-50(56)51-31-40-18-11-19-44(28-40)41-24-26-43(27-25-41)49-58-45(30-47(59-49)42-22-20-39(35-54)21-23-42)34-53(32-37-14-7-3-8-15-37)33-38-16-9-4-10-17-38/h2-28,45-47,49,54H,29-35H2,1H3,(H2,51,52,56). The fourth-order valence-corrected chi connectivity index (χ4v) is 7.46. The van der Waals surface area contributed by atoms with Crippen LogP contribution in [0, 0.1) is 0 Å². The highest BCUT2D eigenvalue weighted by atomic mass is 16.7. The summed E-state index contributed by atoms with van der Waals surface area (Å²) in [7, 11) is 1.31. The number of nitrogens with zero attached hydrogens (tertiary/aromatic N) is 1. The van der Waals surface area contributed by atoms with Gasteiger partial charge in [-0.1, -0.05) is 158 Å². The number of methoxy groups -OCH3 is 1. The van der Waals surface area contributed by atoms with Crippen LogP contribution in [0.1, 0.15) is 57.8 Å². The van der Waals surface area contributed by atoms with Crippen LogP contribution in [-0.2, 0) is 51.7 Å². The highest BCUT2D eigenvalue weighted by molar-refractivity contribution is 5.83. The minimum absolute atomic E-state index is 0.0120.